The fourth-order valence-corrected chi connectivity index (χ4v) is 2.33. The van der Waals surface area contributed by atoms with Crippen molar-refractivity contribution in [2.45, 2.75) is 13.0 Å². The van der Waals surface area contributed by atoms with Crippen molar-refractivity contribution in [2.24, 2.45) is 5.73 Å². The highest BCUT2D eigenvalue weighted by atomic mass is 35.5. The van der Waals surface area contributed by atoms with Crippen LogP contribution in [0.2, 0.25) is 5.28 Å². The topological polar surface area (TPSA) is 111 Å². The lowest BCUT2D eigenvalue weighted by Gasteiger charge is -2.06. The molecular formula is C13H10ClN5O2. The molecular weight excluding hydrogens is 294 g/mol. The van der Waals surface area contributed by atoms with Crippen molar-refractivity contribution in [3.8, 4) is 0 Å². The summed E-state index contributed by atoms with van der Waals surface area (Å²) in [5.41, 5.74) is 6.74. The number of aromatic nitrogens is 3. The molecule has 1 heterocycles. The number of aryl methyl sites for hydroxylation is 1. The van der Waals surface area contributed by atoms with Crippen molar-refractivity contribution in [2.75, 3.05) is 5.32 Å². The van der Waals surface area contributed by atoms with Crippen molar-refractivity contribution in [1.82, 2.24) is 15.0 Å². The summed E-state index contributed by atoms with van der Waals surface area (Å²) < 4.78 is 0. The number of nitrogens with one attached hydrogen (secondary N) is 1. The number of hydrogen-bond donors (Lipinski definition) is 2. The van der Waals surface area contributed by atoms with Gasteiger partial charge in [0.1, 0.15) is 11.9 Å². The average molecular weight is 304 g/mol. The van der Waals surface area contributed by atoms with Crippen molar-refractivity contribution in [3.05, 3.63) is 40.4 Å². The van der Waals surface area contributed by atoms with Crippen LogP contribution in [0.25, 0.3) is 0 Å². The zero-order valence-corrected chi connectivity index (χ0v) is 11.7. The maximum absolute atomic E-state index is 11.9. The summed E-state index contributed by atoms with van der Waals surface area (Å²) in [5.74, 6) is -0.0235. The number of halogens is 1. The van der Waals surface area contributed by atoms with Gasteiger partial charge in [0, 0.05) is 16.8 Å². The Bertz CT molecular complexity index is 757. The molecule has 0 spiro atoms. The first-order valence-corrected chi connectivity index (χ1v) is 6.47. The molecule has 3 rings (SSSR count). The van der Waals surface area contributed by atoms with Gasteiger partial charge in [0.05, 0.1) is 0 Å². The van der Waals surface area contributed by atoms with E-state index in [0.29, 0.717) is 22.6 Å². The number of Topliss-reactive ketones (excluding diaryl/α,β-unsaturated/α-hetero) is 2. The summed E-state index contributed by atoms with van der Waals surface area (Å²) in [6.07, 6.45) is 0. The average Bonchev–Trinajstić information content (AvgIpc) is 2.63. The zero-order valence-electron chi connectivity index (χ0n) is 10.9. The van der Waals surface area contributed by atoms with Gasteiger partial charge in [0.15, 0.2) is 11.6 Å². The Balaban J connectivity index is 1.95. The Hall–Kier alpha value is -2.38. The number of fused-ring (bicyclic) bond motifs is 1. The molecule has 21 heavy (non-hydrogen) atoms. The third-order valence-corrected chi connectivity index (χ3v) is 3.26. The molecule has 0 aliphatic heterocycles. The number of carbonyl (C=O) groups is 2. The Morgan fingerprint density at radius 1 is 1.14 bits per heavy atom. The van der Waals surface area contributed by atoms with Gasteiger partial charge < -0.3 is 11.1 Å². The zero-order chi connectivity index (χ0) is 15.1. The number of hydrogen-bond acceptors (Lipinski definition) is 7. The van der Waals surface area contributed by atoms with Gasteiger partial charge >= 0.3 is 0 Å². The molecule has 0 bridgehead atoms. The van der Waals surface area contributed by atoms with E-state index < -0.39 is 6.04 Å². The van der Waals surface area contributed by atoms with Crippen molar-refractivity contribution < 1.29 is 9.59 Å². The van der Waals surface area contributed by atoms with Gasteiger partial charge in [-0.3, -0.25) is 9.59 Å². The normalized spacial score (nSPS) is 17.0. The van der Waals surface area contributed by atoms with E-state index in [0.717, 1.165) is 0 Å². The standard InChI is InChI=1S/C13H10ClN5O2/c1-5-16-12(14)19-13(17-5)18-6-2-3-7-8(4-6)11(21)9(15)10(7)20/h2-4,9H,15H2,1H3,(H,16,17,18,19). The molecule has 0 fully saturated rings. The molecule has 1 atom stereocenters. The largest absolute Gasteiger partial charge is 0.324 e. The van der Waals surface area contributed by atoms with Gasteiger partial charge in [-0.1, -0.05) is 0 Å². The minimum Gasteiger partial charge on any atom is -0.324 e. The highest BCUT2D eigenvalue weighted by molar-refractivity contribution is 6.29. The van der Waals surface area contributed by atoms with E-state index in [4.69, 9.17) is 17.3 Å². The number of carbonyl (C=O) groups excluding carboxylic acids is 2. The van der Waals surface area contributed by atoms with Gasteiger partial charge in [-0.25, -0.2) is 4.98 Å². The highest BCUT2D eigenvalue weighted by Gasteiger charge is 2.35. The second-order valence-electron chi connectivity index (χ2n) is 4.57. The molecule has 3 N–H and O–H groups in total. The third-order valence-electron chi connectivity index (χ3n) is 3.09. The molecule has 1 aromatic heterocycles. The predicted molar refractivity (Wildman–Crippen MR) is 75.9 cm³/mol. The quantitative estimate of drug-likeness (QED) is 0.804. The fourth-order valence-electron chi connectivity index (χ4n) is 2.13. The number of nitrogens with two attached hydrogens (primary N) is 1. The van der Waals surface area contributed by atoms with Crippen molar-refractivity contribution in [1.29, 1.82) is 0 Å². The Morgan fingerprint density at radius 3 is 2.57 bits per heavy atom. The van der Waals surface area contributed by atoms with Crippen LogP contribution in [0.3, 0.4) is 0 Å². The van der Waals surface area contributed by atoms with Crippen molar-refractivity contribution in [3.63, 3.8) is 0 Å². The second kappa shape index (κ2) is 4.87. The molecule has 0 saturated heterocycles. The first-order valence-electron chi connectivity index (χ1n) is 6.09. The van der Waals surface area contributed by atoms with Crippen LogP contribution < -0.4 is 11.1 Å². The van der Waals surface area contributed by atoms with Gasteiger partial charge in [0.25, 0.3) is 0 Å². The molecule has 0 amide bonds. The molecule has 1 aromatic carbocycles. The first-order chi connectivity index (χ1) is 9.95. The Labute approximate surface area is 124 Å². The van der Waals surface area contributed by atoms with Crippen LogP contribution in [0.4, 0.5) is 11.6 Å². The van der Waals surface area contributed by atoms with Crippen molar-refractivity contribution >= 4 is 34.8 Å². The summed E-state index contributed by atoms with van der Waals surface area (Å²) in [6.45, 7) is 1.68. The summed E-state index contributed by atoms with van der Waals surface area (Å²) in [4.78, 5) is 35.5. The first kappa shape index (κ1) is 13.6. The monoisotopic (exact) mass is 303 g/mol. The van der Waals surface area contributed by atoms with E-state index in [2.05, 4.69) is 20.3 Å². The van der Waals surface area contributed by atoms with Gasteiger partial charge in [0.2, 0.25) is 11.2 Å². The van der Waals surface area contributed by atoms with E-state index in [9.17, 15) is 9.59 Å². The van der Waals surface area contributed by atoms with E-state index >= 15 is 0 Å². The molecule has 1 aliphatic rings. The maximum atomic E-state index is 11.9. The van der Waals surface area contributed by atoms with E-state index in [1.807, 2.05) is 0 Å². The highest BCUT2D eigenvalue weighted by Crippen LogP contribution is 2.26. The number of rotatable bonds is 2. The van der Waals surface area contributed by atoms with E-state index in [1.54, 1.807) is 25.1 Å². The van der Waals surface area contributed by atoms with E-state index in [1.165, 1.54) is 0 Å². The van der Waals surface area contributed by atoms with E-state index in [-0.39, 0.29) is 22.8 Å². The number of anilines is 2. The molecule has 1 unspecified atom stereocenters. The number of nitrogens with zero attached hydrogens (tertiary/aromatic N) is 3. The third kappa shape index (κ3) is 2.37. The molecule has 8 heteroatoms. The van der Waals surface area contributed by atoms with Crippen LogP contribution >= 0.6 is 11.6 Å². The molecule has 0 radical (unpaired) electrons. The van der Waals surface area contributed by atoms with Crippen LogP contribution in [0.5, 0.6) is 0 Å². The second-order valence-corrected chi connectivity index (χ2v) is 4.90. The number of benzene rings is 1. The fraction of sp³-hybridized carbons (Fsp3) is 0.154. The molecule has 7 nitrogen and oxygen atoms in total. The lowest BCUT2D eigenvalue weighted by atomic mass is 10.1. The SMILES string of the molecule is Cc1nc(Cl)nc(Nc2ccc3c(c2)C(=O)C(N)C3=O)n1. The Kier molecular flexibility index (Phi) is 3.15. The van der Waals surface area contributed by atoms with Gasteiger partial charge in [-0.05, 0) is 36.7 Å². The summed E-state index contributed by atoms with van der Waals surface area (Å²) >= 11 is 5.75. The van der Waals surface area contributed by atoms with Crippen LogP contribution in [0.1, 0.15) is 26.5 Å². The molecule has 1 aliphatic carbocycles. The van der Waals surface area contributed by atoms with Gasteiger partial charge in [-0.2, -0.15) is 9.97 Å². The maximum Gasteiger partial charge on any atom is 0.231 e. The summed E-state index contributed by atoms with van der Waals surface area (Å²) in [6, 6.07) is 3.65. The minimum atomic E-state index is -1.11. The predicted octanol–water partition coefficient (Wildman–Crippen LogP) is 1.28. The number of ketones is 2. The van der Waals surface area contributed by atoms with Gasteiger partial charge in [-0.15, -0.1) is 0 Å². The summed E-state index contributed by atoms with van der Waals surface area (Å²) in [7, 11) is 0. The van der Waals surface area contributed by atoms with Crippen LogP contribution in [-0.4, -0.2) is 32.6 Å². The minimum absolute atomic E-state index is 0.0689. The molecule has 106 valence electrons. The van der Waals surface area contributed by atoms with Crippen LogP contribution in [-0.2, 0) is 0 Å². The van der Waals surface area contributed by atoms with Crippen LogP contribution in [0, 0.1) is 6.92 Å². The smallest absolute Gasteiger partial charge is 0.231 e. The summed E-state index contributed by atoms with van der Waals surface area (Å²) in [5, 5.41) is 2.98. The van der Waals surface area contributed by atoms with Crippen LogP contribution in [0.15, 0.2) is 18.2 Å². The Morgan fingerprint density at radius 2 is 1.86 bits per heavy atom. The lowest BCUT2D eigenvalue weighted by Crippen LogP contribution is -2.31. The molecule has 0 saturated carbocycles. The lowest BCUT2D eigenvalue weighted by molar-refractivity contribution is 0.0893. The molecule has 2 aromatic rings.